The molecule has 0 bridgehead atoms. The van der Waals surface area contributed by atoms with Gasteiger partial charge in [0, 0.05) is 28.3 Å². The zero-order valence-corrected chi connectivity index (χ0v) is 18.6. The molecule has 0 N–H and O–H groups in total. The standard InChI is InChI=1S/C23H21F3N2O2S/c1-12-6-7-15-14(8-19(29)30-20(15)13(12)2)11-31-21-16(10-27)17(23(24,25)26)9-18(28-21)22(3,4)5/h6-9H,11H2,1-5H3. The Morgan fingerprint density at radius 2 is 1.84 bits per heavy atom. The summed E-state index contributed by atoms with van der Waals surface area (Å²) < 4.78 is 46.3. The van der Waals surface area contributed by atoms with Crippen molar-refractivity contribution in [3.05, 3.63) is 68.2 Å². The first-order valence-electron chi connectivity index (χ1n) is 9.51. The van der Waals surface area contributed by atoms with Gasteiger partial charge in [0.1, 0.15) is 16.7 Å². The van der Waals surface area contributed by atoms with Crippen LogP contribution in [0.5, 0.6) is 0 Å². The normalized spacial score (nSPS) is 12.2. The predicted molar refractivity (Wildman–Crippen MR) is 114 cm³/mol. The van der Waals surface area contributed by atoms with Gasteiger partial charge in [-0.05, 0) is 36.6 Å². The van der Waals surface area contributed by atoms with E-state index in [4.69, 9.17) is 4.42 Å². The van der Waals surface area contributed by atoms with Crippen molar-refractivity contribution >= 4 is 22.7 Å². The van der Waals surface area contributed by atoms with Crippen LogP contribution in [0.25, 0.3) is 11.0 Å². The number of hydrogen-bond acceptors (Lipinski definition) is 5. The van der Waals surface area contributed by atoms with Crippen molar-refractivity contribution < 1.29 is 17.6 Å². The van der Waals surface area contributed by atoms with Crippen LogP contribution in [0.2, 0.25) is 0 Å². The first-order valence-corrected chi connectivity index (χ1v) is 10.5. The van der Waals surface area contributed by atoms with Crippen LogP contribution in [0.1, 0.15) is 54.3 Å². The van der Waals surface area contributed by atoms with Crippen molar-refractivity contribution in [3.8, 4) is 6.07 Å². The fraction of sp³-hybridized carbons (Fsp3) is 0.348. The van der Waals surface area contributed by atoms with Crippen molar-refractivity contribution in [2.45, 2.75) is 57.0 Å². The number of aryl methyl sites for hydroxylation is 2. The van der Waals surface area contributed by atoms with Gasteiger partial charge < -0.3 is 4.42 Å². The van der Waals surface area contributed by atoms with Gasteiger partial charge in [0.25, 0.3) is 0 Å². The Kier molecular flexibility index (Phi) is 5.94. The minimum atomic E-state index is -4.68. The lowest BCUT2D eigenvalue weighted by molar-refractivity contribution is -0.138. The van der Waals surface area contributed by atoms with E-state index < -0.39 is 28.3 Å². The fourth-order valence-electron chi connectivity index (χ4n) is 3.13. The average molecular weight is 446 g/mol. The molecule has 162 valence electrons. The molecule has 0 aliphatic carbocycles. The highest BCUT2D eigenvalue weighted by atomic mass is 32.2. The molecule has 0 amide bonds. The van der Waals surface area contributed by atoms with Gasteiger partial charge in [-0.15, -0.1) is 11.8 Å². The number of alkyl halides is 3. The summed E-state index contributed by atoms with van der Waals surface area (Å²) in [4.78, 5) is 16.5. The van der Waals surface area contributed by atoms with E-state index in [0.29, 0.717) is 16.5 Å². The lowest BCUT2D eigenvalue weighted by Gasteiger charge is -2.21. The number of rotatable bonds is 3. The summed E-state index contributed by atoms with van der Waals surface area (Å²) in [6, 6.07) is 7.66. The smallest absolute Gasteiger partial charge is 0.417 e. The van der Waals surface area contributed by atoms with Crippen LogP contribution in [0.15, 0.2) is 38.5 Å². The van der Waals surface area contributed by atoms with Gasteiger partial charge in [0.2, 0.25) is 0 Å². The van der Waals surface area contributed by atoms with E-state index in [1.54, 1.807) is 26.8 Å². The van der Waals surface area contributed by atoms with E-state index in [-0.39, 0.29) is 16.5 Å². The quantitative estimate of drug-likeness (QED) is 0.350. The van der Waals surface area contributed by atoms with Gasteiger partial charge in [-0.3, -0.25) is 0 Å². The van der Waals surface area contributed by atoms with Crippen LogP contribution in [-0.2, 0) is 17.3 Å². The molecule has 0 spiro atoms. The highest BCUT2D eigenvalue weighted by Gasteiger charge is 2.37. The van der Waals surface area contributed by atoms with Crippen molar-refractivity contribution in [1.29, 1.82) is 5.26 Å². The van der Waals surface area contributed by atoms with Crippen LogP contribution >= 0.6 is 11.8 Å². The van der Waals surface area contributed by atoms with Gasteiger partial charge in [0.05, 0.1) is 11.1 Å². The third-order valence-electron chi connectivity index (χ3n) is 5.05. The number of pyridine rings is 1. The van der Waals surface area contributed by atoms with Crippen LogP contribution < -0.4 is 5.63 Å². The number of nitriles is 1. The Morgan fingerprint density at radius 1 is 1.16 bits per heavy atom. The molecule has 0 unspecified atom stereocenters. The molecular formula is C23H21F3N2O2S. The Balaban J connectivity index is 2.13. The Bertz CT molecular complexity index is 1270. The number of hydrogen-bond donors (Lipinski definition) is 0. The minimum absolute atomic E-state index is 0.00697. The zero-order chi connectivity index (χ0) is 23.1. The van der Waals surface area contributed by atoms with Crippen molar-refractivity contribution in [2.75, 3.05) is 0 Å². The molecule has 0 aliphatic heterocycles. The van der Waals surface area contributed by atoms with Crippen molar-refractivity contribution in [1.82, 2.24) is 4.98 Å². The number of fused-ring (bicyclic) bond motifs is 1. The van der Waals surface area contributed by atoms with Crippen molar-refractivity contribution in [2.24, 2.45) is 0 Å². The number of benzene rings is 1. The maximum Gasteiger partial charge on any atom is 0.417 e. The van der Waals surface area contributed by atoms with Gasteiger partial charge in [-0.2, -0.15) is 18.4 Å². The predicted octanol–water partition coefficient (Wildman–Crippen LogP) is 6.29. The van der Waals surface area contributed by atoms with Gasteiger partial charge in [-0.1, -0.05) is 32.9 Å². The molecule has 8 heteroatoms. The highest BCUT2D eigenvalue weighted by molar-refractivity contribution is 7.98. The molecule has 0 saturated carbocycles. The van der Waals surface area contributed by atoms with Crippen LogP contribution in [-0.4, -0.2) is 4.98 Å². The second-order valence-corrected chi connectivity index (χ2v) is 9.32. The number of nitrogens with zero attached hydrogens (tertiary/aromatic N) is 2. The summed E-state index contributed by atoms with van der Waals surface area (Å²) in [6.07, 6.45) is -4.68. The molecule has 2 heterocycles. The summed E-state index contributed by atoms with van der Waals surface area (Å²) in [6.45, 7) is 9.02. The molecule has 31 heavy (non-hydrogen) atoms. The van der Waals surface area contributed by atoms with E-state index in [1.807, 2.05) is 26.0 Å². The fourth-order valence-corrected chi connectivity index (χ4v) is 4.13. The second kappa shape index (κ2) is 8.04. The molecule has 1 aromatic carbocycles. The van der Waals surface area contributed by atoms with E-state index in [0.717, 1.165) is 29.0 Å². The molecule has 0 aliphatic rings. The van der Waals surface area contributed by atoms with Crippen molar-refractivity contribution in [3.63, 3.8) is 0 Å². The lowest BCUT2D eigenvalue weighted by atomic mass is 9.90. The highest BCUT2D eigenvalue weighted by Crippen LogP contribution is 2.39. The maximum absolute atomic E-state index is 13.6. The van der Waals surface area contributed by atoms with E-state index in [2.05, 4.69) is 4.98 Å². The number of halogens is 3. The Hall–Kier alpha value is -2.79. The Labute approximate surface area is 182 Å². The second-order valence-electron chi connectivity index (χ2n) is 8.36. The number of thioether (sulfide) groups is 1. The summed E-state index contributed by atoms with van der Waals surface area (Å²) in [5.74, 6) is 0.164. The third kappa shape index (κ3) is 4.62. The van der Waals surface area contributed by atoms with Crippen LogP contribution in [0.4, 0.5) is 13.2 Å². The summed E-state index contributed by atoms with van der Waals surface area (Å²) in [5, 5.41) is 10.2. The van der Waals surface area contributed by atoms with Crippen LogP contribution in [0.3, 0.4) is 0 Å². The molecule has 3 rings (SSSR count). The summed E-state index contributed by atoms with van der Waals surface area (Å²) in [5.41, 5.74) is 0.406. The summed E-state index contributed by atoms with van der Waals surface area (Å²) >= 11 is 1.00. The largest absolute Gasteiger partial charge is 0.422 e. The SMILES string of the molecule is Cc1ccc2c(CSc3nc(C(C)(C)C)cc(C(F)(F)F)c3C#N)cc(=O)oc2c1C. The molecular weight excluding hydrogens is 425 g/mol. The Morgan fingerprint density at radius 3 is 2.42 bits per heavy atom. The first-order chi connectivity index (χ1) is 14.3. The van der Waals surface area contributed by atoms with Gasteiger partial charge in [0.15, 0.2) is 0 Å². The van der Waals surface area contributed by atoms with E-state index in [1.165, 1.54) is 6.07 Å². The third-order valence-corrected chi connectivity index (χ3v) is 6.08. The summed E-state index contributed by atoms with van der Waals surface area (Å²) in [7, 11) is 0. The molecule has 0 atom stereocenters. The molecule has 0 fully saturated rings. The van der Waals surface area contributed by atoms with Crippen LogP contribution in [0, 0.1) is 25.2 Å². The molecule has 0 radical (unpaired) electrons. The average Bonchev–Trinajstić information content (AvgIpc) is 2.67. The maximum atomic E-state index is 13.6. The number of aromatic nitrogens is 1. The first kappa shape index (κ1) is 22.9. The molecule has 0 saturated heterocycles. The molecule has 2 aromatic heterocycles. The monoisotopic (exact) mass is 446 g/mol. The van der Waals surface area contributed by atoms with E-state index >= 15 is 0 Å². The zero-order valence-electron chi connectivity index (χ0n) is 17.8. The van der Waals surface area contributed by atoms with E-state index in [9.17, 15) is 23.2 Å². The van der Waals surface area contributed by atoms with Gasteiger partial charge >= 0.3 is 11.8 Å². The minimum Gasteiger partial charge on any atom is -0.422 e. The van der Waals surface area contributed by atoms with Gasteiger partial charge in [-0.25, -0.2) is 9.78 Å². The lowest BCUT2D eigenvalue weighted by Crippen LogP contribution is -2.18. The topological polar surface area (TPSA) is 66.9 Å². The molecule has 4 nitrogen and oxygen atoms in total. The molecule has 3 aromatic rings.